The summed E-state index contributed by atoms with van der Waals surface area (Å²) in [7, 11) is -2.06. The highest BCUT2D eigenvalue weighted by molar-refractivity contribution is 7.89. The molecule has 1 aliphatic heterocycles. The summed E-state index contributed by atoms with van der Waals surface area (Å²) >= 11 is 0. The van der Waals surface area contributed by atoms with Crippen LogP contribution in [0.2, 0.25) is 0 Å². The van der Waals surface area contributed by atoms with E-state index >= 15 is 0 Å². The van der Waals surface area contributed by atoms with Crippen molar-refractivity contribution in [3.05, 3.63) is 42.5 Å². The summed E-state index contributed by atoms with van der Waals surface area (Å²) in [4.78, 5) is 16.4. The molecule has 0 unspecified atom stereocenters. The predicted octanol–water partition coefficient (Wildman–Crippen LogP) is 1.05. The highest BCUT2D eigenvalue weighted by Gasteiger charge is 2.27. The monoisotopic (exact) mass is 436 g/mol. The molecule has 0 radical (unpaired) electrons. The van der Waals surface area contributed by atoms with Crippen LogP contribution in [0, 0.1) is 0 Å². The average Bonchev–Trinajstić information content (AvgIpc) is 3.29. The number of methoxy groups -OCH3 is 1. The number of sulfonamides is 1. The first-order chi connectivity index (χ1) is 14.5. The molecule has 1 fully saturated rings. The van der Waals surface area contributed by atoms with Gasteiger partial charge in [-0.2, -0.15) is 4.31 Å². The van der Waals surface area contributed by atoms with Gasteiger partial charge in [-0.15, -0.1) is 0 Å². The van der Waals surface area contributed by atoms with Crippen LogP contribution in [-0.2, 0) is 32.5 Å². The van der Waals surface area contributed by atoms with E-state index in [1.807, 2.05) is 10.8 Å². The molecule has 9 nitrogen and oxygen atoms in total. The zero-order valence-electron chi connectivity index (χ0n) is 17.1. The van der Waals surface area contributed by atoms with Gasteiger partial charge in [-0.25, -0.2) is 13.4 Å². The van der Waals surface area contributed by atoms with Crippen LogP contribution in [0.3, 0.4) is 0 Å². The Bertz CT molecular complexity index is 925. The minimum atomic E-state index is -3.60. The van der Waals surface area contributed by atoms with Gasteiger partial charge in [-0.3, -0.25) is 4.79 Å². The number of hydrogen-bond donors (Lipinski definition) is 1. The molecule has 3 rings (SSSR count). The van der Waals surface area contributed by atoms with Gasteiger partial charge in [0, 0.05) is 45.0 Å². The van der Waals surface area contributed by atoms with Gasteiger partial charge < -0.3 is 19.4 Å². The van der Waals surface area contributed by atoms with E-state index in [2.05, 4.69) is 10.3 Å². The summed E-state index contributed by atoms with van der Waals surface area (Å²) < 4.78 is 39.8. The van der Waals surface area contributed by atoms with Crippen LogP contribution < -0.4 is 10.1 Å². The van der Waals surface area contributed by atoms with Crippen LogP contribution >= 0.6 is 0 Å². The molecule has 0 aliphatic carbocycles. The molecule has 1 saturated heterocycles. The Balaban J connectivity index is 1.56. The first-order valence-electron chi connectivity index (χ1n) is 9.98. The van der Waals surface area contributed by atoms with Crippen molar-refractivity contribution in [2.75, 3.05) is 40.0 Å². The summed E-state index contributed by atoms with van der Waals surface area (Å²) in [6.45, 7) is 2.82. The lowest BCUT2D eigenvalue weighted by atomic mass is 10.1. The lowest BCUT2D eigenvalue weighted by Crippen LogP contribution is -2.40. The molecule has 10 heteroatoms. The summed E-state index contributed by atoms with van der Waals surface area (Å²) in [6.07, 6.45) is 6.79. The molecule has 0 saturated carbocycles. The molecule has 0 spiro atoms. The Morgan fingerprint density at radius 1 is 1.30 bits per heavy atom. The van der Waals surface area contributed by atoms with Gasteiger partial charge in [-0.1, -0.05) is 0 Å². The molecule has 1 amide bonds. The fourth-order valence-corrected chi connectivity index (χ4v) is 4.75. The summed E-state index contributed by atoms with van der Waals surface area (Å²) in [6, 6.07) is 4.80. The number of nitrogens with zero attached hydrogens (tertiary/aromatic N) is 3. The summed E-state index contributed by atoms with van der Waals surface area (Å²) in [5.74, 6) is 0.493. The van der Waals surface area contributed by atoms with Crippen molar-refractivity contribution in [2.45, 2.75) is 30.7 Å². The largest absolute Gasteiger partial charge is 0.496 e. The third kappa shape index (κ3) is 5.80. The third-order valence-corrected chi connectivity index (χ3v) is 6.85. The zero-order chi connectivity index (χ0) is 21.4. The van der Waals surface area contributed by atoms with Gasteiger partial charge in [0.05, 0.1) is 31.5 Å². The minimum absolute atomic E-state index is 0.0795. The smallest absolute Gasteiger partial charge is 0.243 e. The number of amides is 1. The molecule has 0 atom stereocenters. The molecule has 1 N–H and O–H groups in total. The summed E-state index contributed by atoms with van der Waals surface area (Å²) in [5, 5.41) is 2.90. The number of aryl methyl sites for hydroxylation is 2. The van der Waals surface area contributed by atoms with E-state index in [4.69, 9.17) is 9.47 Å². The van der Waals surface area contributed by atoms with E-state index in [0.717, 1.165) is 13.0 Å². The van der Waals surface area contributed by atoms with Crippen LogP contribution in [0.1, 0.15) is 18.4 Å². The van der Waals surface area contributed by atoms with Crippen LogP contribution in [0.15, 0.2) is 41.8 Å². The lowest BCUT2D eigenvalue weighted by Gasteiger charge is -2.26. The maximum atomic E-state index is 12.9. The van der Waals surface area contributed by atoms with E-state index in [1.165, 1.54) is 11.4 Å². The Morgan fingerprint density at radius 2 is 2.10 bits per heavy atom. The van der Waals surface area contributed by atoms with Crippen molar-refractivity contribution in [1.29, 1.82) is 0 Å². The van der Waals surface area contributed by atoms with Crippen molar-refractivity contribution >= 4 is 15.9 Å². The van der Waals surface area contributed by atoms with E-state index in [0.29, 0.717) is 50.6 Å². The first kappa shape index (κ1) is 22.3. The maximum Gasteiger partial charge on any atom is 0.243 e. The molecular formula is C20H28N4O5S. The standard InChI is InChI=1S/C20H28N4O5S/c1-28-19-5-4-18(30(26,27)24-11-13-29-14-12-24)15-17(19)3-6-20(25)22-7-2-9-23-10-8-21-16-23/h4-5,8,10,15-16H,2-3,6-7,9,11-14H2,1H3,(H,22,25). The quantitative estimate of drug-likeness (QED) is 0.559. The predicted molar refractivity (Wildman–Crippen MR) is 111 cm³/mol. The normalized spacial score (nSPS) is 15.1. The maximum absolute atomic E-state index is 12.9. The minimum Gasteiger partial charge on any atom is -0.496 e. The molecule has 1 aromatic heterocycles. The van der Waals surface area contributed by atoms with Crippen LogP contribution in [0.5, 0.6) is 5.75 Å². The topological polar surface area (TPSA) is 103 Å². The van der Waals surface area contributed by atoms with Crippen LogP contribution in [0.25, 0.3) is 0 Å². The fourth-order valence-electron chi connectivity index (χ4n) is 3.29. The first-order valence-corrected chi connectivity index (χ1v) is 11.4. The van der Waals surface area contributed by atoms with Gasteiger partial charge in [0.15, 0.2) is 0 Å². The van der Waals surface area contributed by atoms with Crippen molar-refractivity contribution in [3.63, 3.8) is 0 Å². The van der Waals surface area contributed by atoms with Gasteiger partial charge in [-0.05, 0) is 36.6 Å². The number of imidazole rings is 1. The lowest BCUT2D eigenvalue weighted by molar-refractivity contribution is -0.121. The average molecular weight is 437 g/mol. The Kier molecular flexibility index (Phi) is 7.83. The second-order valence-electron chi connectivity index (χ2n) is 6.99. The number of carbonyl (C=O) groups is 1. The van der Waals surface area contributed by atoms with Crippen LogP contribution in [0.4, 0.5) is 0 Å². The second-order valence-corrected chi connectivity index (χ2v) is 8.93. The Hall–Kier alpha value is -2.43. The van der Waals surface area contributed by atoms with Crippen molar-refractivity contribution in [2.24, 2.45) is 0 Å². The number of hydrogen-bond acceptors (Lipinski definition) is 6. The van der Waals surface area contributed by atoms with Gasteiger partial charge >= 0.3 is 0 Å². The number of morpholine rings is 1. The van der Waals surface area contributed by atoms with Gasteiger partial charge in [0.25, 0.3) is 0 Å². The van der Waals surface area contributed by atoms with Crippen molar-refractivity contribution in [1.82, 2.24) is 19.2 Å². The number of carbonyl (C=O) groups excluding carboxylic acids is 1. The second kappa shape index (κ2) is 10.6. The van der Waals surface area contributed by atoms with Crippen molar-refractivity contribution in [3.8, 4) is 5.75 Å². The molecule has 1 aromatic carbocycles. The molecular weight excluding hydrogens is 408 g/mol. The SMILES string of the molecule is COc1ccc(S(=O)(=O)N2CCOCC2)cc1CCC(=O)NCCCn1ccnc1. The molecule has 30 heavy (non-hydrogen) atoms. The van der Waals surface area contributed by atoms with Crippen LogP contribution in [-0.4, -0.2) is 68.1 Å². The molecule has 1 aliphatic rings. The fraction of sp³-hybridized carbons (Fsp3) is 0.500. The highest BCUT2D eigenvalue weighted by Crippen LogP contribution is 2.26. The highest BCUT2D eigenvalue weighted by atomic mass is 32.2. The Morgan fingerprint density at radius 3 is 2.80 bits per heavy atom. The van der Waals surface area contributed by atoms with E-state index < -0.39 is 10.0 Å². The van der Waals surface area contributed by atoms with Crippen molar-refractivity contribution < 1.29 is 22.7 Å². The molecule has 164 valence electrons. The number of nitrogens with one attached hydrogen (secondary N) is 1. The van der Waals surface area contributed by atoms with E-state index in [9.17, 15) is 13.2 Å². The van der Waals surface area contributed by atoms with E-state index in [1.54, 1.807) is 30.7 Å². The summed E-state index contributed by atoms with van der Waals surface area (Å²) in [5.41, 5.74) is 0.695. The Labute approximate surface area is 177 Å². The number of benzene rings is 1. The van der Waals surface area contributed by atoms with Gasteiger partial charge in [0.2, 0.25) is 15.9 Å². The number of rotatable bonds is 10. The molecule has 2 heterocycles. The molecule has 0 bridgehead atoms. The van der Waals surface area contributed by atoms with Gasteiger partial charge in [0.1, 0.15) is 5.75 Å². The third-order valence-electron chi connectivity index (χ3n) is 4.96. The zero-order valence-corrected chi connectivity index (χ0v) is 17.9. The van der Waals surface area contributed by atoms with E-state index in [-0.39, 0.29) is 17.2 Å². The number of aromatic nitrogens is 2. The molecule has 2 aromatic rings. The number of ether oxygens (including phenoxy) is 2.